The Kier molecular flexibility index (Phi) is 4.86. The smallest absolute Gasteiger partial charge is 0.261 e. The van der Waals surface area contributed by atoms with Crippen molar-refractivity contribution < 1.29 is 14.3 Å². The van der Waals surface area contributed by atoms with Gasteiger partial charge in [0.05, 0.1) is 18.8 Å². The maximum atomic E-state index is 12.4. The first-order valence-corrected chi connectivity index (χ1v) is 8.23. The van der Waals surface area contributed by atoms with Gasteiger partial charge in [-0.25, -0.2) is 0 Å². The molecule has 0 atom stereocenters. The lowest BCUT2D eigenvalue weighted by atomic mass is 10.0. The molecule has 0 spiro atoms. The molecule has 0 aromatic heterocycles. The van der Waals surface area contributed by atoms with Crippen molar-refractivity contribution in [2.75, 3.05) is 26.4 Å². The molecule has 4 heteroatoms. The number of nitrogens with zero attached hydrogens (tertiary/aromatic N) is 1. The Morgan fingerprint density at radius 1 is 1.08 bits per heavy atom. The Morgan fingerprint density at radius 3 is 2.42 bits per heavy atom. The molecule has 1 aliphatic heterocycles. The SMILES string of the molecule is CC1(C)COCCN1C(=O)COc1ccc(-c2ccccc2)cc1. The molecule has 24 heavy (non-hydrogen) atoms. The standard InChI is InChI=1S/C20H23NO3/c1-20(2)15-23-13-12-21(20)19(22)14-24-18-10-8-17(9-11-18)16-6-4-3-5-7-16/h3-11H,12-15H2,1-2H3. The number of ether oxygens (including phenoxy) is 2. The van der Waals surface area contributed by atoms with Gasteiger partial charge < -0.3 is 14.4 Å². The lowest BCUT2D eigenvalue weighted by Gasteiger charge is -2.42. The van der Waals surface area contributed by atoms with Crippen LogP contribution in [0.15, 0.2) is 54.6 Å². The second-order valence-corrected chi connectivity index (χ2v) is 6.59. The molecule has 1 amide bonds. The van der Waals surface area contributed by atoms with Crippen LogP contribution in [-0.4, -0.2) is 42.7 Å². The first-order chi connectivity index (χ1) is 11.6. The third kappa shape index (κ3) is 3.77. The van der Waals surface area contributed by atoms with E-state index in [-0.39, 0.29) is 18.1 Å². The Balaban J connectivity index is 1.60. The summed E-state index contributed by atoms with van der Waals surface area (Å²) in [7, 11) is 0. The van der Waals surface area contributed by atoms with Gasteiger partial charge in [-0.2, -0.15) is 0 Å². The van der Waals surface area contributed by atoms with Crippen LogP contribution in [0, 0.1) is 0 Å². The lowest BCUT2D eigenvalue weighted by molar-refractivity contribution is -0.148. The highest BCUT2D eigenvalue weighted by Crippen LogP contribution is 2.23. The van der Waals surface area contributed by atoms with Crippen LogP contribution in [0.25, 0.3) is 11.1 Å². The number of benzene rings is 2. The molecule has 126 valence electrons. The largest absolute Gasteiger partial charge is 0.484 e. The van der Waals surface area contributed by atoms with E-state index in [2.05, 4.69) is 12.1 Å². The average molecular weight is 325 g/mol. The van der Waals surface area contributed by atoms with Gasteiger partial charge in [-0.15, -0.1) is 0 Å². The van der Waals surface area contributed by atoms with Gasteiger partial charge in [0.1, 0.15) is 5.75 Å². The zero-order valence-corrected chi connectivity index (χ0v) is 14.2. The minimum atomic E-state index is -0.282. The van der Waals surface area contributed by atoms with Gasteiger partial charge in [-0.3, -0.25) is 4.79 Å². The number of carbonyl (C=O) groups is 1. The van der Waals surface area contributed by atoms with Crippen LogP contribution in [0.3, 0.4) is 0 Å². The van der Waals surface area contributed by atoms with E-state index >= 15 is 0 Å². The number of amides is 1. The Bertz CT molecular complexity index is 680. The third-order valence-corrected chi connectivity index (χ3v) is 4.27. The van der Waals surface area contributed by atoms with Gasteiger partial charge in [0, 0.05) is 6.54 Å². The summed E-state index contributed by atoms with van der Waals surface area (Å²) in [5.41, 5.74) is 2.01. The normalized spacial score (nSPS) is 16.7. The minimum Gasteiger partial charge on any atom is -0.484 e. The minimum absolute atomic E-state index is 0.00423. The Morgan fingerprint density at radius 2 is 1.75 bits per heavy atom. The van der Waals surface area contributed by atoms with Crippen molar-refractivity contribution in [3.05, 3.63) is 54.6 Å². The maximum Gasteiger partial charge on any atom is 0.261 e. The molecule has 1 aliphatic rings. The maximum absolute atomic E-state index is 12.4. The van der Waals surface area contributed by atoms with Crippen LogP contribution < -0.4 is 4.74 Å². The predicted octanol–water partition coefficient (Wildman–Crippen LogP) is 3.37. The van der Waals surface area contributed by atoms with E-state index in [1.165, 1.54) is 0 Å². The summed E-state index contributed by atoms with van der Waals surface area (Å²) in [4.78, 5) is 14.3. The second kappa shape index (κ2) is 7.05. The average Bonchev–Trinajstić information content (AvgIpc) is 2.60. The predicted molar refractivity (Wildman–Crippen MR) is 94.0 cm³/mol. The quantitative estimate of drug-likeness (QED) is 0.865. The molecule has 4 nitrogen and oxygen atoms in total. The van der Waals surface area contributed by atoms with E-state index in [0.29, 0.717) is 25.5 Å². The number of rotatable bonds is 4. The van der Waals surface area contributed by atoms with Gasteiger partial charge >= 0.3 is 0 Å². The molecule has 0 aliphatic carbocycles. The Hall–Kier alpha value is -2.33. The van der Waals surface area contributed by atoms with Gasteiger partial charge in [0.2, 0.25) is 0 Å². The third-order valence-electron chi connectivity index (χ3n) is 4.27. The van der Waals surface area contributed by atoms with Gasteiger partial charge in [-0.05, 0) is 37.1 Å². The molecule has 0 bridgehead atoms. The van der Waals surface area contributed by atoms with Crippen molar-refractivity contribution in [3.8, 4) is 16.9 Å². The van der Waals surface area contributed by atoms with Crippen molar-refractivity contribution in [1.29, 1.82) is 0 Å². The van der Waals surface area contributed by atoms with E-state index in [0.717, 1.165) is 11.1 Å². The molecule has 0 saturated carbocycles. The van der Waals surface area contributed by atoms with Gasteiger partial charge in [-0.1, -0.05) is 42.5 Å². The number of carbonyl (C=O) groups excluding carboxylic acids is 1. The molecule has 0 radical (unpaired) electrons. The number of hydrogen-bond acceptors (Lipinski definition) is 3. The van der Waals surface area contributed by atoms with E-state index in [1.807, 2.05) is 61.2 Å². The van der Waals surface area contributed by atoms with Crippen LogP contribution in [0.4, 0.5) is 0 Å². The highest BCUT2D eigenvalue weighted by atomic mass is 16.5. The molecule has 1 fully saturated rings. The summed E-state index contributed by atoms with van der Waals surface area (Å²) < 4.78 is 11.1. The van der Waals surface area contributed by atoms with Crippen LogP contribution in [0.1, 0.15) is 13.8 Å². The summed E-state index contributed by atoms with van der Waals surface area (Å²) in [6.07, 6.45) is 0. The number of hydrogen-bond donors (Lipinski definition) is 0. The molecule has 2 aromatic carbocycles. The molecule has 2 aromatic rings. The first kappa shape index (κ1) is 16.5. The molecule has 0 unspecified atom stereocenters. The van der Waals surface area contributed by atoms with Crippen molar-refractivity contribution in [2.24, 2.45) is 0 Å². The van der Waals surface area contributed by atoms with Crippen LogP contribution in [0.2, 0.25) is 0 Å². The van der Waals surface area contributed by atoms with E-state index in [4.69, 9.17) is 9.47 Å². The monoisotopic (exact) mass is 325 g/mol. The summed E-state index contributed by atoms with van der Waals surface area (Å²) in [6, 6.07) is 18.0. The van der Waals surface area contributed by atoms with Crippen molar-refractivity contribution in [2.45, 2.75) is 19.4 Å². The summed E-state index contributed by atoms with van der Waals surface area (Å²) >= 11 is 0. The zero-order chi connectivity index (χ0) is 17.0. The summed E-state index contributed by atoms with van der Waals surface area (Å²) in [5.74, 6) is 0.699. The molecule has 3 rings (SSSR count). The summed E-state index contributed by atoms with van der Waals surface area (Å²) in [6.45, 7) is 5.83. The first-order valence-electron chi connectivity index (χ1n) is 8.23. The van der Waals surface area contributed by atoms with Crippen molar-refractivity contribution >= 4 is 5.91 Å². The second-order valence-electron chi connectivity index (χ2n) is 6.59. The van der Waals surface area contributed by atoms with Gasteiger partial charge in [0.15, 0.2) is 6.61 Å². The highest BCUT2D eigenvalue weighted by molar-refractivity contribution is 5.78. The fourth-order valence-electron chi connectivity index (χ4n) is 2.92. The van der Waals surface area contributed by atoms with Crippen LogP contribution >= 0.6 is 0 Å². The zero-order valence-electron chi connectivity index (χ0n) is 14.2. The van der Waals surface area contributed by atoms with E-state index in [1.54, 1.807) is 0 Å². The molecule has 1 heterocycles. The molecular formula is C20H23NO3. The number of morpholine rings is 1. The fraction of sp³-hybridized carbons (Fsp3) is 0.350. The lowest BCUT2D eigenvalue weighted by Crippen LogP contribution is -2.56. The van der Waals surface area contributed by atoms with E-state index < -0.39 is 0 Å². The fourth-order valence-corrected chi connectivity index (χ4v) is 2.92. The summed E-state index contributed by atoms with van der Waals surface area (Å²) in [5, 5.41) is 0. The Labute approximate surface area is 143 Å². The van der Waals surface area contributed by atoms with Crippen molar-refractivity contribution in [1.82, 2.24) is 4.90 Å². The molecular weight excluding hydrogens is 302 g/mol. The van der Waals surface area contributed by atoms with E-state index in [9.17, 15) is 4.79 Å². The van der Waals surface area contributed by atoms with Gasteiger partial charge in [0.25, 0.3) is 5.91 Å². The van der Waals surface area contributed by atoms with Crippen LogP contribution in [-0.2, 0) is 9.53 Å². The molecule has 1 saturated heterocycles. The van der Waals surface area contributed by atoms with Crippen LogP contribution in [0.5, 0.6) is 5.75 Å². The molecule has 0 N–H and O–H groups in total. The van der Waals surface area contributed by atoms with Crippen molar-refractivity contribution in [3.63, 3.8) is 0 Å². The highest BCUT2D eigenvalue weighted by Gasteiger charge is 2.34. The topological polar surface area (TPSA) is 38.8 Å².